The Labute approximate surface area is 83.3 Å². The van der Waals surface area contributed by atoms with E-state index in [0.29, 0.717) is 5.75 Å². The van der Waals surface area contributed by atoms with E-state index in [4.69, 9.17) is 9.84 Å². The fraction of sp³-hybridized carbons (Fsp3) is 0.364. The van der Waals surface area contributed by atoms with Gasteiger partial charge in [-0.2, -0.15) is 0 Å². The predicted molar refractivity (Wildman–Crippen MR) is 53.1 cm³/mol. The van der Waals surface area contributed by atoms with Gasteiger partial charge in [0.15, 0.2) is 0 Å². The van der Waals surface area contributed by atoms with Crippen LogP contribution in [0.5, 0.6) is 5.75 Å². The summed E-state index contributed by atoms with van der Waals surface area (Å²) < 4.78 is 5.03. The first-order valence-corrected chi connectivity index (χ1v) is 4.59. The molecule has 76 valence electrons. The molecule has 0 bridgehead atoms. The second-order valence-corrected chi connectivity index (χ2v) is 3.00. The molecule has 3 nitrogen and oxygen atoms in total. The van der Waals surface area contributed by atoms with Crippen LogP contribution in [0.15, 0.2) is 18.2 Å². The molecule has 14 heavy (non-hydrogen) atoms. The number of benzene rings is 1. The summed E-state index contributed by atoms with van der Waals surface area (Å²) in [5.74, 6) is 0.210. The van der Waals surface area contributed by atoms with Crippen molar-refractivity contribution in [3.05, 3.63) is 29.3 Å². The van der Waals surface area contributed by atoms with Gasteiger partial charge in [-0.05, 0) is 18.1 Å². The van der Waals surface area contributed by atoms with Gasteiger partial charge in [-0.3, -0.25) is 4.79 Å². The Morgan fingerprint density at radius 1 is 1.50 bits per heavy atom. The molecule has 0 amide bonds. The van der Waals surface area contributed by atoms with E-state index in [-0.39, 0.29) is 12.6 Å². The number of carbonyl (C=O) groups excluding carboxylic acids is 1. The second-order valence-electron chi connectivity index (χ2n) is 3.00. The van der Waals surface area contributed by atoms with E-state index in [9.17, 15) is 4.79 Å². The standard InChI is InChI=1S/C11H14O3/c1-3-10-9(7-12)5-4-6-11(10)14-8(2)13/h4-6,12H,3,7H2,1-2H3. The van der Waals surface area contributed by atoms with Crippen LogP contribution in [-0.2, 0) is 17.8 Å². The van der Waals surface area contributed by atoms with E-state index in [1.165, 1.54) is 6.92 Å². The van der Waals surface area contributed by atoms with Crippen molar-refractivity contribution in [3.8, 4) is 5.75 Å². The van der Waals surface area contributed by atoms with Crippen LogP contribution in [-0.4, -0.2) is 11.1 Å². The van der Waals surface area contributed by atoms with Crippen molar-refractivity contribution in [2.75, 3.05) is 0 Å². The second kappa shape index (κ2) is 4.77. The van der Waals surface area contributed by atoms with Crippen molar-refractivity contribution in [1.29, 1.82) is 0 Å². The third kappa shape index (κ3) is 2.33. The number of esters is 1. The van der Waals surface area contributed by atoms with Gasteiger partial charge in [0.2, 0.25) is 0 Å². The third-order valence-corrected chi connectivity index (χ3v) is 2.01. The Morgan fingerprint density at radius 3 is 2.71 bits per heavy atom. The smallest absolute Gasteiger partial charge is 0.308 e. The molecule has 0 fully saturated rings. The number of aliphatic hydroxyl groups is 1. The normalized spacial score (nSPS) is 9.93. The van der Waals surface area contributed by atoms with Crippen molar-refractivity contribution < 1.29 is 14.6 Å². The SMILES string of the molecule is CCc1c(CO)cccc1OC(C)=O. The average Bonchev–Trinajstić information content (AvgIpc) is 2.16. The maximum atomic E-state index is 10.8. The molecular formula is C11H14O3. The molecule has 0 saturated carbocycles. The van der Waals surface area contributed by atoms with Crippen LogP contribution in [0.2, 0.25) is 0 Å². The summed E-state index contributed by atoms with van der Waals surface area (Å²) in [5.41, 5.74) is 1.71. The van der Waals surface area contributed by atoms with E-state index < -0.39 is 0 Å². The number of hydrogen-bond acceptors (Lipinski definition) is 3. The quantitative estimate of drug-likeness (QED) is 0.588. The molecule has 0 saturated heterocycles. The third-order valence-electron chi connectivity index (χ3n) is 2.01. The minimum Gasteiger partial charge on any atom is -0.426 e. The van der Waals surface area contributed by atoms with Crippen molar-refractivity contribution in [2.45, 2.75) is 26.9 Å². The van der Waals surface area contributed by atoms with Crippen LogP contribution >= 0.6 is 0 Å². The summed E-state index contributed by atoms with van der Waals surface area (Å²) in [6, 6.07) is 5.33. The lowest BCUT2D eigenvalue weighted by atomic mass is 10.0. The molecule has 0 unspecified atom stereocenters. The van der Waals surface area contributed by atoms with E-state index in [2.05, 4.69) is 0 Å². The molecule has 0 radical (unpaired) electrons. The summed E-state index contributed by atoms with van der Waals surface area (Å²) in [6.07, 6.45) is 0.735. The highest BCUT2D eigenvalue weighted by molar-refractivity contribution is 5.70. The molecule has 0 aromatic heterocycles. The molecule has 0 aliphatic carbocycles. The van der Waals surface area contributed by atoms with Crippen molar-refractivity contribution >= 4 is 5.97 Å². The molecule has 0 spiro atoms. The minimum absolute atomic E-state index is 0.0295. The first-order valence-electron chi connectivity index (χ1n) is 4.59. The van der Waals surface area contributed by atoms with Crippen LogP contribution in [0.1, 0.15) is 25.0 Å². The number of aliphatic hydroxyl groups excluding tert-OH is 1. The zero-order valence-corrected chi connectivity index (χ0v) is 8.41. The van der Waals surface area contributed by atoms with Crippen LogP contribution in [0.3, 0.4) is 0 Å². The number of rotatable bonds is 3. The number of hydrogen-bond donors (Lipinski definition) is 1. The molecule has 3 heteroatoms. The molecule has 1 aromatic carbocycles. The zero-order chi connectivity index (χ0) is 10.6. The summed E-state index contributed by atoms with van der Waals surface area (Å²) in [5, 5.41) is 9.07. The van der Waals surface area contributed by atoms with Crippen LogP contribution in [0, 0.1) is 0 Å². The monoisotopic (exact) mass is 194 g/mol. The summed E-state index contributed by atoms with van der Waals surface area (Å²) >= 11 is 0. The largest absolute Gasteiger partial charge is 0.426 e. The Bertz CT molecular complexity index is 331. The van der Waals surface area contributed by atoms with Gasteiger partial charge in [-0.25, -0.2) is 0 Å². The van der Waals surface area contributed by atoms with E-state index in [1.807, 2.05) is 13.0 Å². The Balaban J connectivity index is 3.08. The highest BCUT2D eigenvalue weighted by Gasteiger charge is 2.08. The summed E-state index contributed by atoms with van der Waals surface area (Å²) in [7, 11) is 0. The summed E-state index contributed by atoms with van der Waals surface area (Å²) in [4.78, 5) is 10.8. The van der Waals surface area contributed by atoms with E-state index >= 15 is 0 Å². The molecule has 0 atom stereocenters. The fourth-order valence-electron chi connectivity index (χ4n) is 1.41. The molecule has 0 heterocycles. The summed E-state index contributed by atoms with van der Waals surface area (Å²) in [6.45, 7) is 3.30. The lowest BCUT2D eigenvalue weighted by molar-refractivity contribution is -0.131. The van der Waals surface area contributed by atoms with E-state index in [0.717, 1.165) is 17.5 Å². The average molecular weight is 194 g/mol. The van der Waals surface area contributed by atoms with Gasteiger partial charge in [0.25, 0.3) is 0 Å². The zero-order valence-electron chi connectivity index (χ0n) is 8.41. The highest BCUT2D eigenvalue weighted by atomic mass is 16.5. The van der Waals surface area contributed by atoms with Gasteiger partial charge < -0.3 is 9.84 Å². The predicted octanol–water partition coefficient (Wildman–Crippen LogP) is 1.67. The van der Waals surface area contributed by atoms with E-state index in [1.54, 1.807) is 12.1 Å². The van der Waals surface area contributed by atoms with Gasteiger partial charge >= 0.3 is 5.97 Å². The minimum atomic E-state index is -0.338. The van der Waals surface area contributed by atoms with Gasteiger partial charge in [0.1, 0.15) is 5.75 Å². The van der Waals surface area contributed by atoms with Gasteiger partial charge in [0.05, 0.1) is 6.61 Å². The van der Waals surface area contributed by atoms with Gasteiger partial charge in [-0.15, -0.1) is 0 Å². The first kappa shape index (κ1) is 10.7. The molecule has 1 N–H and O–H groups in total. The Morgan fingerprint density at radius 2 is 2.21 bits per heavy atom. The fourth-order valence-corrected chi connectivity index (χ4v) is 1.41. The molecule has 0 aliphatic heterocycles. The molecule has 0 aliphatic rings. The lowest BCUT2D eigenvalue weighted by Gasteiger charge is -2.10. The Kier molecular flexibility index (Phi) is 3.65. The number of carbonyl (C=O) groups is 1. The highest BCUT2D eigenvalue weighted by Crippen LogP contribution is 2.23. The topological polar surface area (TPSA) is 46.5 Å². The molecule has 1 aromatic rings. The lowest BCUT2D eigenvalue weighted by Crippen LogP contribution is -2.05. The van der Waals surface area contributed by atoms with Crippen LogP contribution in [0.25, 0.3) is 0 Å². The van der Waals surface area contributed by atoms with Crippen molar-refractivity contribution in [2.24, 2.45) is 0 Å². The maximum Gasteiger partial charge on any atom is 0.308 e. The van der Waals surface area contributed by atoms with Gasteiger partial charge in [0, 0.05) is 12.5 Å². The first-order chi connectivity index (χ1) is 6.69. The van der Waals surface area contributed by atoms with Gasteiger partial charge in [-0.1, -0.05) is 19.1 Å². The molecule has 1 rings (SSSR count). The maximum absolute atomic E-state index is 10.8. The van der Waals surface area contributed by atoms with Crippen LogP contribution in [0.4, 0.5) is 0 Å². The van der Waals surface area contributed by atoms with Crippen LogP contribution < -0.4 is 4.74 Å². The Hall–Kier alpha value is -1.35. The molecular weight excluding hydrogens is 180 g/mol. The van der Waals surface area contributed by atoms with Crippen molar-refractivity contribution in [1.82, 2.24) is 0 Å². The van der Waals surface area contributed by atoms with Crippen molar-refractivity contribution in [3.63, 3.8) is 0 Å². The number of ether oxygens (including phenoxy) is 1.